The van der Waals surface area contributed by atoms with E-state index in [4.69, 9.17) is 9.47 Å². The van der Waals surface area contributed by atoms with E-state index in [0.717, 1.165) is 19.3 Å². The van der Waals surface area contributed by atoms with Gasteiger partial charge in [-0.05, 0) is 19.3 Å². The van der Waals surface area contributed by atoms with E-state index in [1.54, 1.807) is 0 Å². The van der Waals surface area contributed by atoms with Gasteiger partial charge in [-0.3, -0.25) is 4.79 Å². The van der Waals surface area contributed by atoms with Crippen LogP contribution < -0.4 is 5.32 Å². The number of hydrogen-bond acceptors (Lipinski definition) is 3. The summed E-state index contributed by atoms with van der Waals surface area (Å²) in [6, 6.07) is 0. The summed E-state index contributed by atoms with van der Waals surface area (Å²) in [5.41, 5.74) is 0. The van der Waals surface area contributed by atoms with Gasteiger partial charge in [-0.1, -0.05) is 6.42 Å². The zero-order valence-electron chi connectivity index (χ0n) is 9.39. The number of hydrogen-bond donors (Lipinski definition) is 1. The number of unbranched alkanes of at least 4 members (excludes halogenated alkanes) is 2. The second-order valence-corrected chi connectivity index (χ2v) is 3.77. The first-order chi connectivity index (χ1) is 8.00. The van der Waals surface area contributed by atoms with Crippen molar-refractivity contribution in [2.45, 2.75) is 38.1 Å². The highest BCUT2D eigenvalue weighted by Gasteiger charge is 2.38. The molecule has 0 aromatic rings. The van der Waals surface area contributed by atoms with Crippen LogP contribution in [0.3, 0.4) is 0 Å². The molecule has 1 fully saturated rings. The molecule has 0 aromatic carbocycles. The second kappa shape index (κ2) is 6.80. The third kappa shape index (κ3) is 5.88. The van der Waals surface area contributed by atoms with Gasteiger partial charge in [0.05, 0.1) is 13.2 Å². The van der Waals surface area contributed by atoms with E-state index in [1.807, 2.05) is 5.32 Å². The van der Waals surface area contributed by atoms with Crippen LogP contribution >= 0.6 is 0 Å². The predicted octanol–water partition coefficient (Wildman–Crippen LogP) is 1.60. The number of nitrogens with one attached hydrogen (secondary N) is 1. The number of alkyl halides is 3. The Balaban J connectivity index is 1.92. The molecule has 0 saturated carbocycles. The molecule has 4 nitrogen and oxygen atoms in total. The highest BCUT2D eigenvalue weighted by molar-refractivity contribution is 5.81. The molecule has 1 saturated heterocycles. The number of carbonyl (C=O) groups is 1. The molecule has 17 heavy (non-hydrogen) atoms. The summed E-state index contributed by atoms with van der Waals surface area (Å²) in [7, 11) is 0. The van der Waals surface area contributed by atoms with Crippen molar-refractivity contribution in [2.24, 2.45) is 0 Å². The quantitative estimate of drug-likeness (QED) is 0.733. The van der Waals surface area contributed by atoms with Crippen molar-refractivity contribution in [3.8, 4) is 0 Å². The number of carbonyl (C=O) groups excluding carboxylic acids is 1. The summed E-state index contributed by atoms with van der Waals surface area (Å²) in [5.74, 6) is -1.88. The van der Waals surface area contributed by atoms with Crippen LogP contribution in [0.5, 0.6) is 0 Å². The summed E-state index contributed by atoms with van der Waals surface area (Å²) >= 11 is 0. The second-order valence-electron chi connectivity index (χ2n) is 3.77. The first kappa shape index (κ1) is 14.2. The fourth-order valence-corrected chi connectivity index (χ4v) is 1.49. The molecule has 1 rings (SSSR count). The number of amides is 1. The minimum atomic E-state index is -4.79. The van der Waals surface area contributed by atoms with Gasteiger partial charge in [0.25, 0.3) is 0 Å². The molecular weight excluding hydrogens is 239 g/mol. The average Bonchev–Trinajstić information content (AvgIpc) is 2.74. The predicted molar refractivity (Wildman–Crippen MR) is 53.2 cm³/mol. The smallest absolute Gasteiger partial charge is 0.350 e. The van der Waals surface area contributed by atoms with E-state index in [-0.39, 0.29) is 12.8 Å². The molecule has 0 atom stereocenters. The van der Waals surface area contributed by atoms with Crippen LogP contribution in [-0.2, 0) is 14.3 Å². The maximum Gasteiger partial charge on any atom is 0.471 e. The Morgan fingerprint density at radius 2 is 1.82 bits per heavy atom. The van der Waals surface area contributed by atoms with Gasteiger partial charge in [0, 0.05) is 6.54 Å². The molecule has 0 radical (unpaired) electrons. The van der Waals surface area contributed by atoms with Crippen LogP contribution in [0, 0.1) is 0 Å². The van der Waals surface area contributed by atoms with Gasteiger partial charge < -0.3 is 14.8 Å². The van der Waals surface area contributed by atoms with Crippen molar-refractivity contribution >= 4 is 5.91 Å². The van der Waals surface area contributed by atoms with Crippen molar-refractivity contribution < 1.29 is 27.4 Å². The van der Waals surface area contributed by atoms with Crippen LogP contribution in [0.1, 0.15) is 25.7 Å². The lowest BCUT2D eigenvalue weighted by Gasteiger charge is -2.09. The lowest BCUT2D eigenvalue weighted by Crippen LogP contribution is -2.37. The molecule has 0 aromatic heterocycles. The van der Waals surface area contributed by atoms with Crippen LogP contribution in [0.25, 0.3) is 0 Å². The molecule has 1 heterocycles. The topological polar surface area (TPSA) is 47.6 Å². The van der Waals surface area contributed by atoms with Crippen LogP contribution in [-0.4, -0.2) is 38.1 Å². The normalized spacial score (nSPS) is 17.4. The Morgan fingerprint density at radius 3 is 2.41 bits per heavy atom. The van der Waals surface area contributed by atoms with E-state index >= 15 is 0 Å². The third-order valence-corrected chi connectivity index (χ3v) is 2.35. The highest BCUT2D eigenvalue weighted by atomic mass is 19.4. The van der Waals surface area contributed by atoms with Gasteiger partial charge in [-0.15, -0.1) is 0 Å². The van der Waals surface area contributed by atoms with Gasteiger partial charge in [0.2, 0.25) is 0 Å². The molecule has 1 amide bonds. The standard InChI is InChI=1S/C10H16F3NO3/c11-10(12,13)9(15)14-5-3-1-2-4-8-16-6-7-17-8/h8H,1-7H2,(H,14,15). The highest BCUT2D eigenvalue weighted by Crippen LogP contribution is 2.14. The van der Waals surface area contributed by atoms with E-state index in [2.05, 4.69) is 0 Å². The van der Waals surface area contributed by atoms with E-state index in [9.17, 15) is 18.0 Å². The van der Waals surface area contributed by atoms with Crippen LogP contribution in [0.15, 0.2) is 0 Å². The first-order valence-corrected chi connectivity index (χ1v) is 5.58. The fraction of sp³-hybridized carbons (Fsp3) is 0.900. The molecule has 100 valence electrons. The van der Waals surface area contributed by atoms with Gasteiger partial charge in [-0.2, -0.15) is 13.2 Å². The molecule has 0 bridgehead atoms. The van der Waals surface area contributed by atoms with Gasteiger partial charge in [0.1, 0.15) is 0 Å². The molecule has 0 aliphatic carbocycles. The zero-order valence-corrected chi connectivity index (χ0v) is 9.39. The SMILES string of the molecule is O=C(NCCCCCC1OCCO1)C(F)(F)F. The Labute approximate surface area is 97.5 Å². The number of ether oxygens (including phenoxy) is 2. The van der Waals surface area contributed by atoms with E-state index in [0.29, 0.717) is 19.6 Å². The summed E-state index contributed by atoms with van der Waals surface area (Å²) in [6.45, 7) is 1.25. The minimum Gasteiger partial charge on any atom is -0.350 e. The molecule has 1 aliphatic rings. The minimum absolute atomic E-state index is 0.0464. The fourth-order valence-electron chi connectivity index (χ4n) is 1.49. The summed E-state index contributed by atoms with van der Waals surface area (Å²) < 4.78 is 45.8. The van der Waals surface area contributed by atoms with Crippen molar-refractivity contribution in [1.29, 1.82) is 0 Å². The summed E-state index contributed by atoms with van der Waals surface area (Å²) in [4.78, 5) is 10.4. The number of rotatable bonds is 6. The molecule has 1 N–H and O–H groups in total. The molecular formula is C10H16F3NO3. The van der Waals surface area contributed by atoms with Crippen LogP contribution in [0.4, 0.5) is 13.2 Å². The van der Waals surface area contributed by atoms with Crippen molar-refractivity contribution in [2.75, 3.05) is 19.8 Å². The molecule has 1 aliphatic heterocycles. The Morgan fingerprint density at radius 1 is 1.18 bits per heavy atom. The maximum absolute atomic E-state index is 11.8. The molecule has 7 heteroatoms. The Bertz CT molecular complexity index is 239. The van der Waals surface area contributed by atoms with Crippen molar-refractivity contribution in [3.63, 3.8) is 0 Å². The van der Waals surface area contributed by atoms with Crippen molar-refractivity contribution in [1.82, 2.24) is 5.32 Å². The zero-order chi connectivity index (χ0) is 12.7. The average molecular weight is 255 g/mol. The molecule has 0 spiro atoms. The molecule has 0 unspecified atom stereocenters. The van der Waals surface area contributed by atoms with E-state index in [1.165, 1.54) is 0 Å². The summed E-state index contributed by atoms with van der Waals surface area (Å²) in [5, 5.41) is 1.82. The third-order valence-electron chi connectivity index (χ3n) is 2.35. The van der Waals surface area contributed by atoms with Gasteiger partial charge >= 0.3 is 12.1 Å². The van der Waals surface area contributed by atoms with Crippen molar-refractivity contribution in [3.05, 3.63) is 0 Å². The van der Waals surface area contributed by atoms with Gasteiger partial charge in [0.15, 0.2) is 6.29 Å². The van der Waals surface area contributed by atoms with E-state index < -0.39 is 12.1 Å². The first-order valence-electron chi connectivity index (χ1n) is 5.58. The maximum atomic E-state index is 11.8. The summed E-state index contributed by atoms with van der Waals surface area (Å²) in [6.07, 6.45) is -2.14. The van der Waals surface area contributed by atoms with Gasteiger partial charge in [-0.25, -0.2) is 0 Å². The monoisotopic (exact) mass is 255 g/mol. The Hall–Kier alpha value is -0.820. The lowest BCUT2D eigenvalue weighted by atomic mass is 10.2. The van der Waals surface area contributed by atoms with Crippen LogP contribution in [0.2, 0.25) is 0 Å². The largest absolute Gasteiger partial charge is 0.471 e. The Kier molecular flexibility index (Phi) is 5.70. The number of halogens is 3. The lowest BCUT2D eigenvalue weighted by molar-refractivity contribution is -0.173.